The molecule has 1 aromatic carbocycles. The average Bonchev–Trinajstić information content (AvgIpc) is 2.46. The Hall–Kier alpha value is -2.24. The van der Waals surface area contributed by atoms with Crippen molar-refractivity contribution in [3.8, 4) is 11.5 Å². The van der Waals surface area contributed by atoms with E-state index in [9.17, 15) is 9.59 Å². The molecule has 0 aliphatic rings. The van der Waals surface area contributed by atoms with E-state index in [0.717, 1.165) is 0 Å². The number of ether oxygens (including phenoxy) is 2. The van der Waals surface area contributed by atoms with Crippen LogP contribution in [-0.2, 0) is 9.59 Å². The van der Waals surface area contributed by atoms with Crippen molar-refractivity contribution in [2.75, 3.05) is 26.1 Å². The summed E-state index contributed by atoms with van der Waals surface area (Å²) in [5.41, 5.74) is -0.0353. The van der Waals surface area contributed by atoms with Gasteiger partial charge in [0.15, 0.2) is 0 Å². The highest BCUT2D eigenvalue weighted by molar-refractivity contribution is 6.39. The van der Waals surface area contributed by atoms with Crippen molar-refractivity contribution in [2.45, 2.75) is 33.2 Å². The normalized spacial score (nSPS) is 10.8. The van der Waals surface area contributed by atoms with Gasteiger partial charge in [-0.25, -0.2) is 0 Å². The Balaban J connectivity index is 2.99. The van der Waals surface area contributed by atoms with Crippen LogP contribution in [-0.4, -0.2) is 43.0 Å². The Morgan fingerprint density at radius 2 is 1.82 bits per heavy atom. The number of nitrogens with one attached hydrogen (secondary N) is 1. The van der Waals surface area contributed by atoms with Gasteiger partial charge in [-0.15, -0.1) is 0 Å². The van der Waals surface area contributed by atoms with Gasteiger partial charge in [0.1, 0.15) is 11.5 Å². The Bertz CT molecular complexity index is 550. The number of carbonyl (C=O) groups excluding carboxylic acids is 2. The Kier molecular flexibility index (Phi) is 5.79. The standard InChI is InChI=1S/C16H24N2O4/c1-7-18(16(2,3)4)15(20)14(19)17-12-10-11(21-5)8-9-13(12)22-6/h8-10H,7H2,1-6H3,(H,17,19). The minimum atomic E-state index is -0.705. The lowest BCUT2D eigenvalue weighted by atomic mass is 10.1. The van der Waals surface area contributed by atoms with Crippen LogP contribution < -0.4 is 14.8 Å². The molecule has 0 atom stereocenters. The lowest BCUT2D eigenvalue weighted by Gasteiger charge is -2.34. The van der Waals surface area contributed by atoms with Crippen LogP contribution in [0.15, 0.2) is 18.2 Å². The number of hydrogen-bond acceptors (Lipinski definition) is 4. The Morgan fingerprint density at radius 3 is 2.27 bits per heavy atom. The van der Waals surface area contributed by atoms with Gasteiger partial charge in [0.05, 0.1) is 19.9 Å². The van der Waals surface area contributed by atoms with E-state index in [0.29, 0.717) is 23.7 Å². The zero-order valence-electron chi connectivity index (χ0n) is 14.0. The highest BCUT2D eigenvalue weighted by Crippen LogP contribution is 2.29. The fourth-order valence-corrected chi connectivity index (χ4v) is 2.13. The molecule has 0 heterocycles. The van der Waals surface area contributed by atoms with Crippen molar-refractivity contribution in [1.29, 1.82) is 0 Å². The summed E-state index contributed by atoms with van der Waals surface area (Å²) in [4.78, 5) is 26.1. The minimum Gasteiger partial charge on any atom is -0.497 e. The van der Waals surface area contributed by atoms with E-state index in [1.165, 1.54) is 19.1 Å². The molecular weight excluding hydrogens is 284 g/mol. The summed E-state index contributed by atoms with van der Waals surface area (Å²) in [6.07, 6.45) is 0. The van der Waals surface area contributed by atoms with Crippen molar-refractivity contribution >= 4 is 17.5 Å². The second kappa shape index (κ2) is 7.15. The second-order valence-electron chi connectivity index (χ2n) is 5.74. The topological polar surface area (TPSA) is 67.9 Å². The monoisotopic (exact) mass is 308 g/mol. The average molecular weight is 308 g/mol. The van der Waals surface area contributed by atoms with E-state index in [1.807, 2.05) is 27.7 Å². The zero-order valence-corrected chi connectivity index (χ0v) is 14.0. The van der Waals surface area contributed by atoms with Crippen LogP contribution in [0.5, 0.6) is 11.5 Å². The first-order chi connectivity index (χ1) is 10.2. The summed E-state index contributed by atoms with van der Waals surface area (Å²) in [5.74, 6) is -0.268. The van der Waals surface area contributed by atoms with E-state index >= 15 is 0 Å². The third-order valence-corrected chi connectivity index (χ3v) is 3.22. The van der Waals surface area contributed by atoms with Crippen LogP contribution in [0.1, 0.15) is 27.7 Å². The maximum atomic E-state index is 12.3. The van der Waals surface area contributed by atoms with Gasteiger partial charge in [-0.05, 0) is 39.8 Å². The molecule has 1 rings (SSSR count). The number of likely N-dealkylation sites (N-methyl/N-ethyl adjacent to an activating group) is 1. The van der Waals surface area contributed by atoms with Crippen molar-refractivity contribution in [3.05, 3.63) is 18.2 Å². The van der Waals surface area contributed by atoms with Crippen molar-refractivity contribution in [2.24, 2.45) is 0 Å². The molecule has 0 saturated carbocycles. The van der Waals surface area contributed by atoms with Gasteiger partial charge in [0.25, 0.3) is 0 Å². The number of anilines is 1. The second-order valence-corrected chi connectivity index (χ2v) is 5.74. The maximum Gasteiger partial charge on any atom is 0.314 e. The van der Waals surface area contributed by atoms with E-state index in [4.69, 9.17) is 9.47 Å². The maximum absolute atomic E-state index is 12.3. The van der Waals surface area contributed by atoms with Gasteiger partial charge < -0.3 is 19.7 Å². The van der Waals surface area contributed by atoms with Gasteiger partial charge in [-0.2, -0.15) is 0 Å². The number of rotatable bonds is 4. The minimum absolute atomic E-state index is 0.394. The molecule has 6 nitrogen and oxygen atoms in total. The quantitative estimate of drug-likeness (QED) is 0.867. The highest BCUT2D eigenvalue weighted by Gasteiger charge is 2.30. The van der Waals surface area contributed by atoms with Gasteiger partial charge in [-0.3, -0.25) is 9.59 Å². The van der Waals surface area contributed by atoms with Gasteiger partial charge in [0, 0.05) is 18.2 Å². The van der Waals surface area contributed by atoms with Crippen molar-refractivity contribution in [1.82, 2.24) is 4.90 Å². The molecule has 0 aromatic heterocycles. The van der Waals surface area contributed by atoms with E-state index in [-0.39, 0.29) is 0 Å². The summed E-state index contributed by atoms with van der Waals surface area (Å²) in [7, 11) is 3.02. The molecule has 0 fully saturated rings. The molecule has 122 valence electrons. The number of methoxy groups -OCH3 is 2. The number of benzene rings is 1. The van der Waals surface area contributed by atoms with Crippen LogP contribution in [0.3, 0.4) is 0 Å². The Morgan fingerprint density at radius 1 is 1.18 bits per heavy atom. The molecule has 0 spiro atoms. The summed E-state index contributed by atoms with van der Waals surface area (Å²) >= 11 is 0. The lowest BCUT2D eigenvalue weighted by molar-refractivity contribution is -0.146. The van der Waals surface area contributed by atoms with Crippen LogP contribution in [0, 0.1) is 0 Å². The fourth-order valence-electron chi connectivity index (χ4n) is 2.13. The summed E-state index contributed by atoms with van der Waals surface area (Å²) in [6, 6.07) is 4.99. The van der Waals surface area contributed by atoms with E-state index in [1.54, 1.807) is 18.2 Å². The first kappa shape index (κ1) is 17.8. The molecule has 0 bridgehead atoms. The van der Waals surface area contributed by atoms with Gasteiger partial charge in [-0.1, -0.05) is 0 Å². The SMILES string of the molecule is CCN(C(=O)C(=O)Nc1cc(OC)ccc1OC)C(C)(C)C. The van der Waals surface area contributed by atoms with Crippen LogP contribution in [0.2, 0.25) is 0 Å². The van der Waals surface area contributed by atoms with Crippen molar-refractivity contribution < 1.29 is 19.1 Å². The molecule has 0 aliphatic carbocycles. The van der Waals surface area contributed by atoms with Crippen molar-refractivity contribution in [3.63, 3.8) is 0 Å². The molecule has 1 aromatic rings. The first-order valence-corrected chi connectivity index (χ1v) is 7.09. The smallest absolute Gasteiger partial charge is 0.314 e. The molecular formula is C16H24N2O4. The highest BCUT2D eigenvalue weighted by atomic mass is 16.5. The summed E-state index contributed by atoms with van der Waals surface area (Å²) in [6.45, 7) is 7.93. The first-order valence-electron chi connectivity index (χ1n) is 7.09. The van der Waals surface area contributed by atoms with Gasteiger partial charge >= 0.3 is 11.8 Å². The molecule has 6 heteroatoms. The number of carbonyl (C=O) groups is 2. The number of nitrogens with zero attached hydrogens (tertiary/aromatic N) is 1. The number of amides is 2. The summed E-state index contributed by atoms with van der Waals surface area (Å²) < 4.78 is 10.3. The molecule has 0 radical (unpaired) electrons. The Labute approximate surface area is 131 Å². The van der Waals surface area contributed by atoms with Crippen LogP contribution in [0.25, 0.3) is 0 Å². The largest absolute Gasteiger partial charge is 0.497 e. The van der Waals surface area contributed by atoms with Crippen LogP contribution in [0.4, 0.5) is 5.69 Å². The van der Waals surface area contributed by atoms with E-state index < -0.39 is 17.4 Å². The lowest BCUT2D eigenvalue weighted by Crippen LogP contribution is -2.49. The summed E-state index contributed by atoms with van der Waals surface area (Å²) in [5, 5.41) is 2.59. The molecule has 0 saturated heterocycles. The molecule has 22 heavy (non-hydrogen) atoms. The molecule has 1 N–H and O–H groups in total. The predicted octanol–water partition coefficient (Wildman–Crippen LogP) is 2.29. The molecule has 0 unspecified atom stereocenters. The molecule has 2 amide bonds. The third-order valence-electron chi connectivity index (χ3n) is 3.22. The molecule has 0 aliphatic heterocycles. The predicted molar refractivity (Wildman–Crippen MR) is 85.3 cm³/mol. The van der Waals surface area contributed by atoms with Crippen LogP contribution >= 0.6 is 0 Å². The number of hydrogen-bond donors (Lipinski definition) is 1. The zero-order chi connectivity index (χ0) is 16.9. The van der Waals surface area contributed by atoms with E-state index in [2.05, 4.69) is 5.32 Å². The third kappa shape index (κ3) is 4.13. The van der Waals surface area contributed by atoms with Gasteiger partial charge in [0.2, 0.25) is 0 Å². The fraction of sp³-hybridized carbons (Fsp3) is 0.500.